The van der Waals surface area contributed by atoms with Crippen molar-refractivity contribution in [2.24, 2.45) is 0 Å². The minimum atomic E-state index is -0.280. The number of rotatable bonds is 5. The Balaban J connectivity index is 1.71. The fraction of sp³-hybridized carbons (Fsp3) is 0.350. The Morgan fingerprint density at radius 1 is 1.17 bits per heavy atom. The van der Waals surface area contributed by atoms with Gasteiger partial charge in [-0.1, -0.05) is 42.5 Å². The molecule has 3 rings (SSSR count). The highest BCUT2D eigenvalue weighted by molar-refractivity contribution is 5.89. The SMILES string of the molecule is COC(=O)c1cccc(CN2CCNC[C@@H]2Cc2ccccc2)c1. The second kappa shape index (κ2) is 8.08. The average Bonchev–Trinajstić information content (AvgIpc) is 2.64. The predicted octanol–water partition coefficient (Wildman–Crippen LogP) is 2.49. The van der Waals surface area contributed by atoms with Crippen molar-refractivity contribution in [3.63, 3.8) is 0 Å². The molecule has 0 saturated carbocycles. The number of nitrogens with zero attached hydrogens (tertiary/aromatic N) is 1. The van der Waals surface area contributed by atoms with E-state index in [1.807, 2.05) is 12.1 Å². The summed E-state index contributed by atoms with van der Waals surface area (Å²) in [5.41, 5.74) is 3.13. The lowest BCUT2D eigenvalue weighted by atomic mass is 10.0. The summed E-state index contributed by atoms with van der Waals surface area (Å²) in [6, 6.07) is 18.8. The van der Waals surface area contributed by atoms with Gasteiger partial charge < -0.3 is 10.1 Å². The summed E-state index contributed by atoms with van der Waals surface area (Å²) in [6.07, 6.45) is 1.03. The maximum atomic E-state index is 11.7. The number of hydrogen-bond donors (Lipinski definition) is 1. The Kier molecular flexibility index (Phi) is 5.62. The van der Waals surface area contributed by atoms with Crippen LogP contribution in [0.15, 0.2) is 54.6 Å². The minimum absolute atomic E-state index is 0.280. The minimum Gasteiger partial charge on any atom is -0.465 e. The van der Waals surface area contributed by atoms with Crippen LogP contribution in [0.4, 0.5) is 0 Å². The standard InChI is InChI=1S/C20H24N2O2/c1-24-20(23)18-9-5-8-17(12-18)15-22-11-10-21-14-19(22)13-16-6-3-2-4-7-16/h2-9,12,19,21H,10-11,13-15H2,1H3/t19-/m0/s1. The molecule has 0 aromatic heterocycles. The number of ether oxygens (including phenoxy) is 1. The smallest absolute Gasteiger partial charge is 0.337 e. The van der Waals surface area contributed by atoms with E-state index in [4.69, 9.17) is 4.74 Å². The van der Waals surface area contributed by atoms with Crippen molar-refractivity contribution in [1.82, 2.24) is 10.2 Å². The maximum Gasteiger partial charge on any atom is 0.337 e. The van der Waals surface area contributed by atoms with Crippen molar-refractivity contribution < 1.29 is 9.53 Å². The van der Waals surface area contributed by atoms with Gasteiger partial charge in [0, 0.05) is 32.2 Å². The van der Waals surface area contributed by atoms with Crippen molar-refractivity contribution in [1.29, 1.82) is 0 Å². The van der Waals surface area contributed by atoms with Gasteiger partial charge in [-0.2, -0.15) is 0 Å². The van der Waals surface area contributed by atoms with Crippen LogP contribution in [-0.4, -0.2) is 43.7 Å². The van der Waals surface area contributed by atoms with Crippen molar-refractivity contribution in [2.45, 2.75) is 19.0 Å². The van der Waals surface area contributed by atoms with Gasteiger partial charge in [-0.25, -0.2) is 4.79 Å². The van der Waals surface area contributed by atoms with Crippen molar-refractivity contribution >= 4 is 5.97 Å². The molecule has 0 spiro atoms. The molecule has 0 amide bonds. The first-order chi connectivity index (χ1) is 11.8. The molecule has 0 unspecified atom stereocenters. The molecule has 0 bridgehead atoms. The predicted molar refractivity (Wildman–Crippen MR) is 95.0 cm³/mol. The van der Waals surface area contributed by atoms with Gasteiger partial charge in [-0.3, -0.25) is 4.90 Å². The average molecular weight is 324 g/mol. The molecule has 4 nitrogen and oxygen atoms in total. The molecule has 126 valence electrons. The van der Waals surface area contributed by atoms with E-state index in [9.17, 15) is 4.79 Å². The van der Waals surface area contributed by atoms with Crippen LogP contribution in [0.25, 0.3) is 0 Å². The van der Waals surface area contributed by atoms with Gasteiger partial charge in [0.1, 0.15) is 0 Å². The number of methoxy groups -OCH3 is 1. The van der Waals surface area contributed by atoms with Gasteiger partial charge in [0.05, 0.1) is 12.7 Å². The van der Waals surface area contributed by atoms with E-state index in [0.29, 0.717) is 11.6 Å². The van der Waals surface area contributed by atoms with E-state index in [-0.39, 0.29) is 5.97 Å². The van der Waals surface area contributed by atoms with Gasteiger partial charge >= 0.3 is 5.97 Å². The summed E-state index contributed by atoms with van der Waals surface area (Å²) in [4.78, 5) is 14.2. The van der Waals surface area contributed by atoms with Crippen LogP contribution in [0.3, 0.4) is 0 Å². The first-order valence-corrected chi connectivity index (χ1v) is 8.42. The van der Waals surface area contributed by atoms with Crippen LogP contribution in [0.2, 0.25) is 0 Å². The van der Waals surface area contributed by atoms with Crippen LogP contribution in [0, 0.1) is 0 Å². The molecule has 0 radical (unpaired) electrons. The number of carbonyl (C=O) groups is 1. The highest BCUT2D eigenvalue weighted by atomic mass is 16.5. The quantitative estimate of drug-likeness (QED) is 0.858. The Bertz CT molecular complexity index is 672. The number of hydrogen-bond acceptors (Lipinski definition) is 4. The van der Waals surface area contributed by atoms with Crippen LogP contribution >= 0.6 is 0 Å². The topological polar surface area (TPSA) is 41.6 Å². The van der Waals surface area contributed by atoms with E-state index in [0.717, 1.165) is 38.2 Å². The normalized spacial score (nSPS) is 18.3. The number of carbonyl (C=O) groups excluding carboxylic acids is 1. The third-order valence-corrected chi connectivity index (χ3v) is 4.52. The molecule has 1 saturated heterocycles. The lowest BCUT2D eigenvalue weighted by Crippen LogP contribution is -2.51. The molecule has 24 heavy (non-hydrogen) atoms. The molecule has 4 heteroatoms. The molecule has 0 aliphatic carbocycles. The molecule has 1 aliphatic heterocycles. The van der Waals surface area contributed by atoms with E-state index >= 15 is 0 Å². The van der Waals surface area contributed by atoms with Gasteiger partial charge in [0.2, 0.25) is 0 Å². The molecular weight excluding hydrogens is 300 g/mol. The summed E-state index contributed by atoms with van der Waals surface area (Å²) >= 11 is 0. The Morgan fingerprint density at radius 3 is 2.75 bits per heavy atom. The Hall–Kier alpha value is -2.17. The van der Waals surface area contributed by atoms with Gasteiger partial charge in [0.15, 0.2) is 0 Å². The third-order valence-electron chi connectivity index (χ3n) is 4.52. The Morgan fingerprint density at radius 2 is 1.96 bits per heavy atom. The zero-order valence-corrected chi connectivity index (χ0v) is 14.1. The zero-order valence-electron chi connectivity index (χ0n) is 14.1. The summed E-state index contributed by atoms with van der Waals surface area (Å²) < 4.78 is 4.82. The maximum absolute atomic E-state index is 11.7. The highest BCUT2D eigenvalue weighted by Crippen LogP contribution is 2.16. The molecule has 2 aromatic carbocycles. The zero-order chi connectivity index (χ0) is 16.8. The van der Waals surface area contributed by atoms with E-state index in [1.165, 1.54) is 12.7 Å². The largest absolute Gasteiger partial charge is 0.465 e. The van der Waals surface area contributed by atoms with Gasteiger partial charge in [-0.15, -0.1) is 0 Å². The number of nitrogens with one attached hydrogen (secondary N) is 1. The lowest BCUT2D eigenvalue weighted by Gasteiger charge is -2.36. The lowest BCUT2D eigenvalue weighted by molar-refractivity contribution is 0.0600. The van der Waals surface area contributed by atoms with E-state index in [2.05, 4.69) is 46.6 Å². The number of piperazine rings is 1. The summed E-state index contributed by atoms with van der Waals surface area (Å²) in [6.45, 7) is 3.86. The van der Waals surface area contributed by atoms with E-state index < -0.39 is 0 Å². The molecule has 2 aromatic rings. The first kappa shape index (κ1) is 16.7. The van der Waals surface area contributed by atoms with Crippen molar-refractivity contribution in [3.8, 4) is 0 Å². The fourth-order valence-corrected chi connectivity index (χ4v) is 3.25. The molecule has 1 fully saturated rings. The monoisotopic (exact) mass is 324 g/mol. The van der Waals surface area contributed by atoms with Crippen LogP contribution in [0.1, 0.15) is 21.5 Å². The van der Waals surface area contributed by atoms with Crippen molar-refractivity contribution in [3.05, 3.63) is 71.3 Å². The van der Waals surface area contributed by atoms with Crippen LogP contribution in [-0.2, 0) is 17.7 Å². The molecule has 1 heterocycles. The van der Waals surface area contributed by atoms with Crippen LogP contribution < -0.4 is 5.32 Å². The fourth-order valence-electron chi connectivity index (χ4n) is 3.25. The summed E-state index contributed by atoms with van der Waals surface area (Å²) in [5.74, 6) is -0.280. The summed E-state index contributed by atoms with van der Waals surface area (Å²) in [7, 11) is 1.42. The van der Waals surface area contributed by atoms with Crippen molar-refractivity contribution in [2.75, 3.05) is 26.7 Å². The Labute approximate surface area is 143 Å². The molecular formula is C20H24N2O2. The molecule has 1 aliphatic rings. The highest BCUT2D eigenvalue weighted by Gasteiger charge is 2.22. The van der Waals surface area contributed by atoms with E-state index in [1.54, 1.807) is 6.07 Å². The summed E-state index contributed by atoms with van der Waals surface area (Å²) in [5, 5.41) is 3.49. The number of esters is 1. The van der Waals surface area contributed by atoms with Gasteiger partial charge in [0.25, 0.3) is 0 Å². The number of benzene rings is 2. The molecule has 1 atom stereocenters. The molecule has 1 N–H and O–H groups in total. The third kappa shape index (κ3) is 4.22. The first-order valence-electron chi connectivity index (χ1n) is 8.42. The second-order valence-electron chi connectivity index (χ2n) is 6.21. The van der Waals surface area contributed by atoms with Gasteiger partial charge in [-0.05, 0) is 29.7 Å². The van der Waals surface area contributed by atoms with Crippen LogP contribution in [0.5, 0.6) is 0 Å². The second-order valence-corrected chi connectivity index (χ2v) is 6.21.